The molecule has 0 bridgehead atoms. The first kappa shape index (κ1) is 20.2. The molecule has 0 atom stereocenters. The molecule has 1 amide bonds. The van der Waals surface area contributed by atoms with E-state index in [4.69, 9.17) is 5.73 Å². The molecule has 2 rings (SSSR count). The Balaban J connectivity index is 2.13. The number of nitrogens with one attached hydrogen (secondary N) is 2. The predicted octanol–water partition coefficient (Wildman–Crippen LogP) is 1.46. The van der Waals surface area contributed by atoms with Crippen LogP contribution >= 0.6 is 11.8 Å². The number of aromatic nitrogens is 3. The topological polar surface area (TPSA) is 134 Å². The Labute approximate surface area is 156 Å². The van der Waals surface area contributed by atoms with Gasteiger partial charge in [0.05, 0.1) is 10.6 Å². The molecule has 1 aromatic heterocycles. The third kappa shape index (κ3) is 4.74. The Hall–Kier alpha value is -2.11. The van der Waals surface area contributed by atoms with Crippen LogP contribution in [0.1, 0.15) is 19.4 Å². The van der Waals surface area contributed by atoms with Gasteiger partial charge in [-0.3, -0.25) is 4.79 Å². The van der Waals surface area contributed by atoms with Crippen LogP contribution in [0.4, 0.5) is 11.6 Å². The van der Waals surface area contributed by atoms with Crippen LogP contribution in [-0.2, 0) is 14.8 Å². The van der Waals surface area contributed by atoms with Crippen LogP contribution < -0.4 is 11.1 Å². The second kappa shape index (κ2) is 8.52. The number of anilines is 2. The molecule has 0 fully saturated rings. The van der Waals surface area contributed by atoms with E-state index >= 15 is 0 Å². The number of H-pyrrole nitrogens is 1. The zero-order chi connectivity index (χ0) is 19.3. The SMILES string of the molecule is CCN(CC)S(=O)(=O)c1ccc(C)c(NC(=O)CSc2n[nH]c(N)n2)c1. The number of nitrogen functional groups attached to an aromatic ring is 1. The van der Waals surface area contributed by atoms with Gasteiger partial charge in [0.25, 0.3) is 0 Å². The lowest BCUT2D eigenvalue weighted by atomic mass is 10.2. The highest BCUT2D eigenvalue weighted by Gasteiger charge is 2.22. The summed E-state index contributed by atoms with van der Waals surface area (Å²) in [6.07, 6.45) is 0. The van der Waals surface area contributed by atoms with Crippen LogP contribution in [0.2, 0.25) is 0 Å². The van der Waals surface area contributed by atoms with Crippen molar-refractivity contribution in [3.05, 3.63) is 23.8 Å². The van der Waals surface area contributed by atoms with Crippen LogP contribution in [0.25, 0.3) is 0 Å². The number of hydrogen-bond acceptors (Lipinski definition) is 7. The maximum Gasteiger partial charge on any atom is 0.243 e. The van der Waals surface area contributed by atoms with Crippen LogP contribution in [-0.4, -0.2) is 52.7 Å². The van der Waals surface area contributed by atoms with Crippen molar-refractivity contribution in [3.63, 3.8) is 0 Å². The van der Waals surface area contributed by atoms with Crippen LogP contribution in [0.5, 0.6) is 0 Å². The molecule has 0 saturated carbocycles. The largest absolute Gasteiger partial charge is 0.368 e. The number of nitrogens with two attached hydrogens (primary N) is 1. The number of nitrogens with zero attached hydrogens (tertiary/aromatic N) is 3. The van der Waals surface area contributed by atoms with Crippen LogP contribution in [0.3, 0.4) is 0 Å². The second-order valence-corrected chi connectivity index (χ2v) is 8.29. The maximum absolute atomic E-state index is 12.6. The quantitative estimate of drug-likeness (QED) is 0.573. The molecule has 1 aromatic carbocycles. The molecule has 9 nitrogen and oxygen atoms in total. The minimum atomic E-state index is -3.59. The monoisotopic (exact) mass is 398 g/mol. The van der Waals surface area contributed by atoms with Crippen molar-refractivity contribution in [3.8, 4) is 0 Å². The molecule has 0 aliphatic rings. The molecular formula is C15H22N6O3S2. The fourth-order valence-corrected chi connectivity index (χ4v) is 4.34. The summed E-state index contributed by atoms with van der Waals surface area (Å²) in [6, 6.07) is 4.70. The van der Waals surface area contributed by atoms with E-state index in [0.717, 1.165) is 17.3 Å². The average Bonchev–Trinajstić information content (AvgIpc) is 3.01. The summed E-state index contributed by atoms with van der Waals surface area (Å²) in [4.78, 5) is 16.2. The van der Waals surface area contributed by atoms with Gasteiger partial charge >= 0.3 is 0 Å². The van der Waals surface area contributed by atoms with Crippen molar-refractivity contribution in [2.45, 2.75) is 30.8 Å². The van der Waals surface area contributed by atoms with Gasteiger partial charge in [-0.05, 0) is 24.6 Å². The van der Waals surface area contributed by atoms with Crippen molar-refractivity contribution in [2.24, 2.45) is 0 Å². The molecule has 26 heavy (non-hydrogen) atoms. The Kier molecular flexibility index (Phi) is 6.62. The molecule has 142 valence electrons. The molecule has 4 N–H and O–H groups in total. The summed E-state index contributed by atoms with van der Waals surface area (Å²) < 4.78 is 26.6. The Morgan fingerprint density at radius 3 is 2.62 bits per heavy atom. The molecule has 0 aliphatic carbocycles. The summed E-state index contributed by atoms with van der Waals surface area (Å²) in [5.74, 6) is -0.0408. The van der Waals surface area contributed by atoms with E-state index in [1.807, 2.05) is 0 Å². The van der Waals surface area contributed by atoms with E-state index < -0.39 is 10.0 Å². The van der Waals surface area contributed by atoms with Crippen molar-refractivity contribution in [1.29, 1.82) is 0 Å². The van der Waals surface area contributed by atoms with Gasteiger partial charge in [-0.2, -0.15) is 9.29 Å². The van der Waals surface area contributed by atoms with E-state index in [0.29, 0.717) is 23.9 Å². The molecule has 0 radical (unpaired) electrons. The number of aromatic amines is 1. The maximum atomic E-state index is 12.6. The van der Waals surface area contributed by atoms with Crippen LogP contribution in [0, 0.1) is 6.92 Å². The third-order valence-electron chi connectivity index (χ3n) is 3.64. The highest BCUT2D eigenvalue weighted by molar-refractivity contribution is 7.99. The lowest BCUT2D eigenvalue weighted by molar-refractivity contribution is -0.113. The molecule has 11 heteroatoms. The van der Waals surface area contributed by atoms with E-state index in [2.05, 4.69) is 20.5 Å². The smallest absolute Gasteiger partial charge is 0.243 e. The van der Waals surface area contributed by atoms with Crippen molar-refractivity contribution < 1.29 is 13.2 Å². The highest BCUT2D eigenvalue weighted by atomic mass is 32.2. The number of aryl methyl sites for hydroxylation is 1. The highest BCUT2D eigenvalue weighted by Crippen LogP contribution is 2.23. The number of benzene rings is 1. The van der Waals surface area contributed by atoms with E-state index in [9.17, 15) is 13.2 Å². The third-order valence-corrected chi connectivity index (χ3v) is 6.53. The van der Waals surface area contributed by atoms with Crippen molar-refractivity contribution in [2.75, 3.05) is 29.9 Å². The number of carbonyl (C=O) groups excluding carboxylic acids is 1. The van der Waals surface area contributed by atoms with Gasteiger partial charge in [0, 0.05) is 18.8 Å². The zero-order valence-electron chi connectivity index (χ0n) is 14.8. The summed E-state index contributed by atoms with van der Waals surface area (Å²) in [7, 11) is -3.59. The first-order valence-corrected chi connectivity index (χ1v) is 10.4. The second-order valence-electron chi connectivity index (χ2n) is 5.41. The first-order valence-electron chi connectivity index (χ1n) is 7.99. The van der Waals surface area contributed by atoms with Crippen molar-refractivity contribution >= 4 is 39.3 Å². The molecular weight excluding hydrogens is 376 g/mol. The molecule has 0 aliphatic heterocycles. The summed E-state index contributed by atoms with van der Waals surface area (Å²) in [5, 5.41) is 9.43. The number of rotatable bonds is 8. The molecule has 0 unspecified atom stereocenters. The van der Waals surface area contributed by atoms with E-state index in [1.165, 1.54) is 10.4 Å². The lowest BCUT2D eigenvalue weighted by Crippen LogP contribution is -2.30. The van der Waals surface area contributed by atoms with Gasteiger partial charge in [0.1, 0.15) is 0 Å². The van der Waals surface area contributed by atoms with E-state index in [-0.39, 0.29) is 22.5 Å². The summed E-state index contributed by atoms with van der Waals surface area (Å²) in [6.45, 7) is 6.12. The average molecular weight is 399 g/mol. The van der Waals surface area contributed by atoms with Gasteiger partial charge < -0.3 is 11.1 Å². The fraction of sp³-hybridized carbons (Fsp3) is 0.400. The van der Waals surface area contributed by atoms with Gasteiger partial charge in [0.15, 0.2) is 0 Å². The minimum Gasteiger partial charge on any atom is -0.368 e. The number of sulfonamides is 1. The predicted molar refractivity (Wildman–Crippen MR) is 101 cm³/mol. The Bertz CT molecular complexity index is 877. The number of amides is 1. The van der Waals surface area contributed by atoms with E-state index in [1.54, 1.807) is 32.9 Å². The Morgan fingerprint density at radius 2 is 2.04 bits per heavy atom. The summed E-state index contributed by atoms with van der Waals surface area (Å²) in [5.41, 5.74) is 6.65. The van der Waals surface area contributed by atoms with Crippen molar-refractivity contribution in [1.82, 2.24) is 19.5 Å². The molecule has 1 heterocycles. The standard InChI is InChI=1S/C15H22N6O3S2/c1-4-21(5-2)26(23,24)11-7-6-10(3)12(8-11)17-13(22)9-25-15-18-14(16)19-20-15/h6-8H,4-5,9H2,1-3H3,(H,17,22)(H3,16,18,19,20). The number of thioether (sulfide) groups is 1. The Morgan fingerprint density at radius 1 is 1.35 bits per heavy atom. The zero-order valence-corrected chi connectivity index (χ0v) is 16.4. The van der Waals surface area contributed by atoms with Crippen LogP contribution in [0.15, 0.2) is 28.3 Å². The minimum absolute atomic E-state index is 0.0732. The van der Waals surface area contributed by atoms with Gasteiger partial charge in [-0.15, -0.1) is 5.10 Å². The lowest BCUT2D eigenvalue weighted by Gasteiger charge is -2.19. The van der Waals surface area contributed by atoms with Gasteiger partial charge in [-0.25, -0.2) is 13.5 Å². The molecule has 0 spiro atoms. The molecule has 2 aromatic rings. The number of carbonyl (C=O) groups is 1. The fourth-order valence-electron chi connectivity index (χ4n) is 2.25. The van der Waals surface area contributed by atoms with Gasteiger partial charge in [0.2, 0.25) is 27.0 Å². The number of hydrogen-bond donors (Lipinski definition) is 3. The normalized spacial score (nSPS) is 11.7. The van der Waals surface area contributed by atoms with Gasteiger partial charge in [-0.1, -0.05) is 31.7 Å². The first-order chi connectivity index (χ1) is 12.3. The summed E-state index contributed by atoms with van der Waals surface area (Å²) >= 11 is 1.12. The molecule has 0 saturated heterocycles.